The van der Waals surface area contributed by atoms with Gasteiger partial charge in [-0.1, -0.05) is 24.3 Å². The van der Waals surface area contributed by atoms with Gasteiger partial charge >= 0.3 is 5.63 Å². The van der Waals surface area contributed by atoms with Crippen LogP contribution in [0.1, 0.15) is 0 Å². The Morgan fingerprint density at radius 2 is 1.59 bits per heavy atom. The molecule has 0 bridgehead atoms. The van der Waals surface area contributed by atoms with Gasteiger partial charge in [-0.2, -0.15) is 0 Å². The maximum atomic E-state index is 12.2. The molecule has 0 spiro atoms. The third-order valence-electron chi connectivity index (χ3n) is 5.00. The highest BCUT2D eigenvalue weighted by Gasteiger charge is 2.17. The molecule has 3 aromatic carbocycles. The molecule has 0 saturated heterocycles. The van der Waals surface area contributed by atoms with Gasteiger partial charge < -0.3 is 18.3 Å². The lowest BCUT2D eigenvalue weighted by Crippen LogP contribution is -1.99. The molecule has 130 valence electrons. The van der Waals surface area contributed by atoms with Crippen LogP contribution in [0.5, 0.6) is 11.5 Å². The molecular formula is C22H12O5. The van der Waals surface area contributed by atoms with E-state index in [2.05, 4.69) is 0 Å². The summed E-state index contributed by atoms with van der Waals surface area (Å²) in [5.41, 5.74) is 2.74. The van der Waals surface area contributed by atoms with E-state index in [1.54, 1.807) is 18.4 Å². The lowest BCUT2D eigenvalue weighted by atomic mass is 10.0. The van der Waals surface area contributed by atoms with E-state index in [1.807, 2.05) is 42.5 Å². The van der Waals surface area contributed by atoms with E-state index >= 15 is 0 Å². The molecule has 0 N–H and O–H groups in total. The molecule has 5 aromatic rings. The smallest absolute Gasteiger partial charge is 0.344 e. The van der Waals surface area contributed by atoms with E-state index in [0.29, 0.717) is 16.6 Å². The van der Waals surface area contributed by atoms with E-state index in [4.69, 9.17) is 18.3 Å². The molecule has 0 saturated carbocycles. The number of hydrogen-bond acceptors (Lipinski definition) is 5. The highest BCUT2D eigenvalue weighted by molar-refractivity contribution is 6.10. The highest BCUT2D eigenvalue weighted by Crippen LogP contribution is 2.40. The van der Waals surface area contributed by atoms with Crippen molar-refractivity contribution in [3.63, 3.8) is 0 Å². The van der Waals surface area contributed by atoms with Gasteiger partial charge in [0.25, 0.3) is 0 Å². The second kappa shape index (κ2) is 5.14. The molecule has 6 rings (SSSR count). The quantitative estimate of drug-likeness (QED) is 0.309. The average Bonchev–Trinajstić information content (AvgIpc) is 3.32. The fourth-order valence-corrected chi connectivity index (χ4v) is 3.69. The zero-order valence-corrected chi connectivity index (χ0v) is 14.0. The summed E-state index contributed by atoms with van der Waals surface area (Å²) in [5.74, 6) is 1.46. The van der Waals surface area contributed by atoms with E-state index < -0.39 is 0 Å². The number of hydrogen-bond donors (Lipinski definition) is 0. The largest absolute Gasteiger partial charge is 0.464 e. The Balaban J connectivity index is 1.67. The Hall–Kier alpha value is -3.73. The number of ether oxygens (including phenoxy) is 2. The molecule has 0 radical (unpaired) electrons. The fraction of sp³-hybridized carbons (Fsp3) is 0.0455. The van der Waals surface area contributed by atoms with Crippen LogP contribution in [0.25, 0.3) is 43.8 Å². The Labute approximate surface area is 152 Å². The van der Waals surface area contributed by atoms with Crippen molar-refractivity contribution in [3.05, 3.63) is 71.3 Å². The molecule has 5 heteroatoms. The second-order valence-corrected chi connectivity index (χ2v) is 6.50. The maximum absolute atomic E-state index is 12.2. The first-order valence-corrected chi connectivity index (χ1v) is 8.55. The van der Waals surface area contributed by atoms with E-state index in [9.17, 15) is 4.79 Å². The summed E-state index contributed by atoms with van der Waals surface area (Å²) in [6.45, 7) is 0.237. The van der Waals surface area contributed by atoms with Gasteiger partial charge in [-0.3, -0.25) is 0 Å². The maximum Gasteiger partial charge on any atom is 0.344 e. The second-order valence-electron chi connectivity index (χ2n) is 6.50. The molecule has 5 nitrogen and oxygen atoms in total. The Kier molecular flexibility index (Phi) is 2.75. The van der Waals surface area contributed by atoms with Crippen molar-refractivity contribution in [3.8, 4) is 22.6 Å². The van der Waals surface area contributed by atoms with E-state index in [0.717, 1.165) is 38.8 Å². The van der Waals surface area contributed by atoms with Gasteiger partial charge in [0.15, 0.2) is 11.5 Å². The predicted molar refractivity (Wildman–Crippen MR) is 101 cm³/mol. The average molecular weight is 356 g/mol. The first-order valence-electron chi connectivity index (χ1n) is 8.55. The van der Waals surface area contributed by atoms with Gasteiger partial charge in [-0.15, -0.1) is 0 Å². The Morgan fingerprint density at radius 1 is 0.741 bits per heavy atom. The summed E-state index contributed by atoms with van der Waals surface area (Å²) in [6.07, 6.45) is 1.71. The summed E-state index contributed by atoms with van der Waals surface area (Å²) in [6, 6.07) is 17.1. The lowest BCUT2D eigenvalue weighted by Gasteiger charge is -2.04. The van der Waals surface area contributed by atoms with Crippen LogP contribution in [0.15, 0.2) is 74.5 Å². The topological polar surface area (TPSA) is 61.8 Å². The van der Waals surface area contributed by atoms with Crippen LogP contribution in [0, 0.1) is 0 Å². The molecule has 0 fully saturated rings. The molecule has 0 atom stereocenters. The molecular weight excluding hydrogens is 344 g/mol. The van der Waals surface area contributed by atoms with Gasteiger partial charge in [0.05, 0.1) is 11.6 Å². The zero-order chi connectivity index (χ0) is 18.0. The van der Waals surface area contributed by atoms with Gasteiger partial charge in [-0.25, -0.2) is 4.79 Å². The standard InChI is InChI=1S/C22H12O5/c23-22-14-4-2-1-3-13(14)15-8-16-17(10-24-19(16)9-20(15)27-22)12-5-6-18-21(7-12)26-11-25-18/h1-10H,11H2. The first-order chi connectivity index (χ1) is 13.3. The van der Waals surface area contributed by atoms with Crippen LogP contribution >= 0.6 is 0 Å². The van der Waals surface area contributed by atoms with Crippen LogP contribution in [-0.2, 0) is 0 Å². The molecule has 0 aliphatic carbocycles. The highest BCUT2D eigenvalue weighted by atomic mass is 16.7. The van der Waals surface area contributed by atoms with Gasteiger partial charge in [0.1, 0.15) is 11.2 Å². The zero-order valence-electron chi connectivity index (χ0n) is 14.0. The third-order valence-corrected chi connectivity index (χ3v) is 5.00. The van der Waals surface area contributed by atoms with Crippen molar-refractivity contribution < 1.29 is 18.3 Å². The van der Waals surface area contributed by atoms with Crippen LogP contribution in [0.3, 0.4) is 0 Å². The third kappa shape index (κ3) is 2.02. The summed E-state index contributed by atoms with van der Waals surface area (Å²) < 4.78 is 22.1. The molecule has 2 aromatic heterocycles. The Morgan fingerprint density at radius 3 is 2.52 bits per heavy atom. The number of furan rings is 1. The van der Waals surface area contributed by atoms with Crippen molar-refractivity contribution in [1.29, 1.82) is 0 Å². The van der Waals surface area contributed by atoms with E-state index in [1.165, 1.54) is 0 Å². The fourth-order valence-electron chi connectivity index (χ4n) is 3.69. The lowest BCUT2D eigenvalue weighted by molar-refractivity contribution is 0.174. The van der Waals surface area contributed by atoms with Crippen LogP contribution in [0.2, 0.25) is 0 Å². The minimum absolute atomic E-state index is 0.237. The molecule has 1 aliphatic rings. The monoisotopic (exact) mass is 356 g/mol. The minimum atomic E-state index is -0.347. The summed E-state index contributed by atoms with van der Waals surface area (Å²) in [5, 5.41) is 3.25. The summed E-state index contributed by atoms with van der Waals surface area (Å²) in [7, 11) is 0. The summed E-state index contributed by atoms with van der Waals surface area (Å²) in [4.78, 5) is 12.2. The van der Waals surface area contributed by atoms with Crippen molar-refractivity contribution in [2.45, 2.75) is 0 Å². The normalized spacial score (nSPS) is 13.0. The van der Waals surface area contributed by atoms with Crippen molar-refractivity contribution >= 4 is 32.7 Å². The van der Waals surface area contributed by atoms with Crippen molar-refractivity contribution in [1.82, 2.24) is 0 Å². The minimum Gasteiger partial charge on any atom is -0.464 e. The molecule has 0 amide bonds. The predicted octanol–water partition coefficient (Wildman–Crippen LogP) is 5.09. The van der Waals surface area contributed by atoms with Gasteiger partial charge in [0, 0.05) is 22.4 Å². The van der Waals surface area contributed by atoms with Gasteiger partial charge in [0.2, 0.25) is 6.79 Å². The number of rotatable bonds is 1. The van der Waals surface area contributed by atoms with Crippen LogP contribution in [0.4, 0.5) is 0 Å². The number of benzene rings is 3. The van der Waals surface area contributed by atoms with Crippen molar-refractivity contribution in [2.24, 2.45) is 0 Å². The van der Waals surface area contributed by atoms with Gasteiger partial charge in [-0.05, 0) is 35.2 Å². The molecule has 27 heavy (non-hydrogen) atoms. The van der Waals surface area contributed by atoms with Crippen molar-refractivity contribution in [2.75, 3.05) is 6.79 Å². The SMILES string of the molecule is O=c1oc2cc3occ(-c4ccc5c(c4)OCO5)c3cc2c2ccccc12. The molecule has 1 aliphatic heterocycles. The van der Waals surface area contributed by atoms with Crippen LogP contribution in [-0.4, -0.2) is 6.79 Å². The summed E-state index contributed by atoms with van der Waals surface area (Å²) >= 11 is 0. The molecule has 0 unspecified atom stereocenters. The van der Waals surface area contributed by atoms with E-state index in [-0.39, 0.29) is 12.4 Å². The first kappa shape index (κ1) is 14.4. The Bertz CT molecular complexity index is 1420. The van der Waals surface area contributed by atoms with Crippen LogP contribution < -0.4 is 15.1 Å². The number of fused-ring (bicyclic) bond motifs is 5. The molecule has 3 heterocycles.